The van der Waals surface area contributed by atoms with E-state index in [0.717, 1.165) is 16.7 Å². The number of nitrogens with one attached hydrogen (secondary N) is 1. The van der Waals surface area contributed by atoms with Gasteiger partial charge in [-0.05, 0) is 30.3 Å². The summed E-state index contributed by atoms with van der Waals surface area (Å²) >= 11 is 6.02. The van der Waals surface area contributed by atoms with Gasteiger partial charge in [0.15, 0.2) is 0 Å². The van der Waals surface area contributed by atoms with Crippen LogP contribution in [0.15, 0.2) is 47.3 Å². The number of halogens is 4. The Morgan fingerprint density at radius 1 is 1.10 bits per heavy atom. The predicted octanol–water partition coefficient (Wildman–Crippen LogP) is 3.99. The molecule has 0 unspecified atom stereocenters. The third kappa shape index (κ3) is 2.31. The summed E-state index contributed by atoms with van der Waals surface area (Å²) in [5.74, 6) is 0. The summed E-state index contributed by atoms with van der Waals surface area (Å²) in [7, 11) is 0. The van der Waals surface area contributed by atoms with Crippen molar-refractivity contribution in [3.63, 3.8) is 0 Å². The highest BCUT2D eigenvalue weighted by Gasteiger charge is 2.31. The van der Waals surface area contributed by atoms with Gasteiger partial charge in [0.25, 0.3) is 0 Å². The van der Waals surface area contributed by atoms with E-state index in [1.54, 1.807) is 24.3 Å². The molecule has 1 aromatic heterocycles. The van der Waals surface area contributed by atoms with Crippen LogP contribution < -0.4 is 5.69 Å². The maximum atomic E-state index is 12.8. The standard InChI is InChI=1S/C14H8ClF3N2O/c15-9-3-1-2-4-11(9)20-12-7-8(14(16,17)18)5-6-10(12)19-13(20)21/h1-7H,(H,19,21). The van der Waals surface area contributed by atoms with Crippen LogP contribution in [0.25, 0.3) is 16.7 Å². The number of hydrogen-bond acceptors (Lipinski definition) is 1. The van der Waals surface area contributed by atoms with Gasteiger partial charge in [-0.25, -0.2) is 4.79 Å². The Balaban J connectivity index is 2.35. The number of fused-ring (bicyclic) bond motifs is 1. The number of nitrogens with zero attached hydrogens (tertiary/aromatic N) is 1. The molecule has 0 aliphatic rings. The molecule has 2 aromatic carbocycles. The molecule has 0 fully saturated rings. The van der Waals surface area contributed by atoms with E-state index < -0.39 is 17.4 Å². The van der Waals surface area contributed by atoms with Crippen molar-refractivity contribution < 1.29 is 13.2 Å². The van der Waals surface area contributed by atoms with Crippen LogP contribution in [0.1, 0.15) is 5.56 Å². The highest BCUT2D eigenvalue weighted by atomic mass is 35.5. The molecule has 0 saturated carbocycles. The van der Waals surface area contributed by atoms with Crippen LogP contribution >= 0.6 is 11.6 Å². The van der Waals surface area contributed by atoms with E-state index in [2.05, 4.69) is 4.98 Å². The van der Waals surface area contributed by atoms with Crippen molar-refractivity contribution >= 4 is 22.6 Å². The summed E-state index contributed by atoms with van der Waals surface area (Å²) in [4.78, 5) is 14.5. The van der Waals surface area contributed by atoms with Gasteiger partial charge >= 0.3 is 11.9 Å². The number of hydrogen-bond donors (Lipinski definition) is 1. The van der Waals surface area contributed by atoms with Crippen molar-refractivity contribution in [1.29, 1.82) is 0 Å². The molecule has 0 bridgehead atoms. The van der Waals surface area contributed by atoms with Crippen molar-refractivity contribution in [2.75, 3.05) is 0 Å². The Morgan fingerprint density at radius 3 is 2.48 bits per heavy atom. The first-order valence-electron chi connectivity index (χ1n) is 5.95. The third-order valence-electron chi connectivity index (χ3n) is 3.10. The summed E-state index contributed by atoms with van der Waals surface area (Å²) in [6.07, 6.45) is -4.48. The lowest BCUT2D eigenvalue weighted by molar-refractivity contribution is -0.137. The fourth-order valence-corrected chi connectivity index (χ4v) is 2.37. The minimum atomic E-state index is -4.48. The van der Waals surface area contributed by atoms with Gasteiger partial charge in [0.2, 0.25) is 0 Å². The van der Waals surface area contributed by atoms with E-state index in [4.69, 9.17) is 11.6 Å². The first kappa shape index (κ1) is 13.8. The fourth-order valence-electron chi connectivity index (χ4n) is 2.15. The van der Waals surface area contributed by atoms with E-state index in [-0.39, 0.29) is 10.5 Å². The van der Waals surface area contributed by atoms with Gasteiger partial charge in [0.1, 0.15) is 0 Å². The van der Waals surface area contributed by atoms with Crippen LogP contribution in [0.2, 0.25) is 5.02 Å². The lowest BCUT2D eigenvalue weighted by Crippen LogP contribution is -2.15. The maximum Gasteiger partial charge on any atom is 0.416 e. The Morgan fingerprint density at radius 2 is 1.81 bits per heavy atom. The quantitative estimate of drug-likeness (QED) is 0.725. The molecule has 108 valence electrons. The number of benzene rings is 2. The minimum Gasteiger partial charge on any atom is -0.305 e. The summed E-state index contributed by atoms with van der Waals surface area (Å²) in [6.45, 7) is 0. The Bertz CT molecular complexity index is 880. The molecule has 3 rings (SSSR count). The number of aromatic amines is 1. The van der Waals surface area contributed by atoms with Gasteiger partial charge in [-0.2, -0.15) is 13.2 Å². The largest absolute Gasteiger partial charge is 0.416 e. The van der Waals surface area contributed by atoms with Crippen molar-refractivity contribution in [2.45, 2.75) is 6.18 Å². The van der Waals surface area contributed by atoms with Crippen LogP contribution in [0.4, 0.5) is 13.2 Å². The molecule has 7 heteroatoms. The van der Waals surface area contributed by atoms with Crippen LogP contribution in [-0.2, 0) is 6.18 Å². The topological polar surface area (TPSA) is 37.8 Å². The average molecular weight is 313 g/mol. The van der Waals surface area contributed by atoms with Crippen molar-refractivity contribution in [3.05, 3.63) is 63.5 Å². The van der Waals surface area contributed by atoms with Crippen LogP contribution in [0.3, 0.4) is 0 Å². The number of H-pyrrole nitrogens is 1. The van der Waals surface area contributed by atoms with Crippen LogP contribution in [-0.4, -0.2) is 9.55 Å². The van der Waals surface area contributed by atoms with E-state index >= 15 is 0 Å². The van der Waals surface area contributed by atoms with E-state index in [1.165, 1.54) is 6.07 Å². The molecular weight excluding hydrogens is 305 g/mol. The average Bonchev–Trinajstić information content (AvgIpc) is 2.73. The molecular formula is C14H8ClF3N2O. The summed E-state index contributed by atoms with van der Waals surface area (Å²) in [6, 6.07) is 9.54. The van der Waals surface area contributed by atoms with Crippen molar-refractivity contribution in [1.82, 2.24) is 9.55 Å². The monoisotopic (exact) mass is 312 g/mol. The molecule has 3 nitrogen and oxygen atoms in total. The highest BCUT2D eigenvalue weighted by Crippen LogP contribution is 2.31. The first-order chi connectivity index (χ1) is 9.88. The van der Waals surface area contributed by atoms with E-state index in [9.17, 15) is 18.0 Å². The SMILES string of the molecule is O=c1[nH]c2ccc(C(F)(F)F)cc2n1-c1ccccc1Cl. The third-order valence-corrected chi connectivity index (χ3v) is 3.42. The summed E-state index contributed by atoms with van der Waals surface area (Å²) in [5, 5.41) is 0.276. The molecule has 3 aromatic rings. The summed E-state index contributed by atoms with van der Waals surface area (Å²) < 4.78 is 39.6. The molecule has 0 saturated heterocycles. The van der Waals surface area contributed by atoms with Crippen LogP contribution in [0.5, 0.6) is 0 Å². The summed E-state index contributed by atoms with van der Waals surface area (Å²) in [5.41, 5.74) is -0.599. The zero-order valence-corrected chi connectivity index (χ0v) is 11.2. The normalized spacial score (nSPS) is 12.0. The van der Waals surface area contributed by atoms with E-state index in [1.807, 2.05) is 0 Å². The number of rotatable bonds is 1. The minimum absolute atomic E-state index is 0.128. The predicted molar refractivity (Wildman–Crippen MR) is 73.9 cm³/mol. The number of aromatic nitrogens is 2. The molecule has 0 radical (unpaired) electrons. The second-order valence-corrected chi connectivity index (χ2v) is 4.85. The fraction of sp³-hybridized carbons (Fsp3) is 0.0714. The Hall–Kier alpha value is -2.21. The maximum absolute atomic E-state index is 12.8. The molecule has 0 aliphatic heterocycles. The molecule has 21 heavy (non-hydrogen) atoms. The second kappa shape index (κ2) is 4.66. The van der Waals surface area contributed by atoms with E-state index in [0.29, 0.717) is 11.2 Å². The zero-order valence-electron chi connectivity index (χ0n) is 10.4. The molecule has 0 amide bonds. The molecule has 1 N–H and O–H groups in total. The van der Waals surface area contributed by atoms with Gasteiger partial charge in [-0.15, -0.1) is 0 Å². The second-order valence-electron chi connectivity index (χ2n) is 4.45. The number of imidazole rings is 1. The van der Waals surface area contributed by atoms with Gasteiger partial charge < -0.3 is 4.98 Å². The van der Waals surface area contributed by atoms with Crippen LogP contribution in [0, 0.1) is 0 Å². The van der Waals surface area contributed by atoms with Crippen molar-refractivity contribution in [2.24, 2.45) is 0 Å². The number of para-hydroxylation sites is 1. The molecule has 0 spiro atoms. The Kier molecular flexibility index (Phi) is 3.06. The van der Waals surface area contributed by atoms with Gasteiger partial charge in [0.05, 0.1) is 27.3 Å². The zero-order chi connectivity index (χ0) is 15.2. The lowest BCUT2D eigenvalue weighted by Gasteiger charge is -2.08. The van der Waals surface area contributed by atoms with Crippen molar-refractivity contribution in [3.8, 4) is 5.69 Å². The lowest BCUT2D eigenvalue weighted by atomic mass is 10.2. The van der Waals surface area contributed by atoms with Gasteiger partial charge in [-0.1, -0.05) is 23.7 Å². The van der Waals surface area contributed by atoms with Gasteiger partial charge in [-0.3, -0.25) is 4.57 Å². The number of alkyl halides is 3. The highest BCUT2D eigenvalue weighted by molar-refractivity contribution is 6.32. The molecule has 0 aliphatic carbocycles. The molecule has 1 heterocycles. The first-order valence-corrected chi connectivity index (χ1v) is 6.32. The molecule has 0 atom stereocenters. The van der Waals surface area contributed by atoms with Gasteiger partial charge in [0, 0.05) is 0 Å². The Labute approximate surface area is 121 Å². The smallest absolute Gasteiger partial charge is 0.305 e.